The molecule has 1 saturated carbocycles. The molecule has 0 aromatic heterocycles. The third-order valence-corrected chi connectivity index (χ3v) is 3.88. The highest BCUT2D eigenvalue weighted by atomic mass is 35.5. The molecule has 0 aliphatic heterocycles. The van der Waals surface area contributed by atoms with Crippen LogP contribution in [0.1, 0.15) is 24.0 Å². The number of hydrogen-bond acceptors (Lipinski definition) is 1. The second kappa shape index (κ2) is 4.71. The minimum atomic E-state index is -4.55. The van der Waals surface area contributed by atoms with Crippen LogP contribution in [-0.2, 0) is 16.4 Å². The van der Waals surface area contributed by atoms with Gasteiger partial charge in [0.1, 0.15) is 0 Å². The molecule has 1 aliphatic rings. The molecule has 1 aromatic carbocycles. The Bertz CT molecular complexity index is 501. The minimum Gasteiger partial charge on any atom is -0.481 e. The fourth-order valence-corrected chi connectivity index (χ4v) is 2.90. The zero-order chi connectivity index (χ0) is 14.3. The van der Waals surface area contributed by atoms with E-state index in [-0.39, 0.29) is 23.8 Å². The highest BCUT2D eigenvalue weighted by molar-refractivity contribution is 6.17. The van der Waals surface area contributed by atoms with Crippen molar-refractivity contribution >= 4 is 17.6 Å². The molecule has 0 bridgehead atoms. The van der Waals surface area contributed by atoms with Crippen molar-refractivity contribution in [3.63, 3.8) is 0 Å². The average Bonchev–Trinajstić information content (AvgIpc) is 3.04. The Labute approximate surface area is 113 Å². The quantitative estimate of drug-likeness (QED) is 0.860. The van der Waals surface area contributed by atoms with Crippen LogP contribution in [0.3, 0.4) is 0 Å². The van der Waals surface area contributed by atoms with Crippen LogP contribution in [0.15, 0.2) is 24.3 Å². The number of alkyl halides is 4. The van der Waals surface area contributed by atoms with Gasteiger partial charge >= 0.3 is 12.1 Å². The molecule has 2 atom stereocenters. The maximum absolute atomic E-state index is 13.0. The van der Waals surface area contributed by atoms with E-state index in [0.717, 1.165) is 6.07 Å². The van der Waals surface area contributed by atoms with E-state index in [9.17, 15) is 23.1 Å². The Morgan fingerprint density at radius 1 is 1.42 bits per heavy atom. The first kappa shape index (κ1) is 14.2. The first-order chi connectivity index (χ1) is 8.84. The fourth-order valence-electron chi connectivity index (χ4n) is 2.64. The Morgan fingerprint density at radius 3 is 2.58 bits per heavy atom. The zero-order valence-electron chi connectivity index (χ0n) is 9.88. The number of carbonyl (C=O) groups is 1. The molecule has 0 radical (unpaired) electrons. The van der Waals surface area contributed by atoms with E-state index in [2.05, 4.69) is 0 Å². The fraction of sp³-hybridized carbons (Fsp3) is 0.462. The average molecular weight is 293 g/mol. The van der Waals surface area contributed by atoms with Gasteiger partial charge in [-0.25, -0.2) is 0 Å². The van der Waals surface area contributed by atoms with Gasteiger partial charge in [-0.05, 0) is 30.4 Å². The second-order valence-corrected chi connectivity index (χ2v) is 5.08. The van der Waals surface area contributed by atoms with Crippen molar-refractivity contribution in [3.05, 3.63) is 35.4 Å². The van der Waals surface area contributed by atoms with E-state index < -0.39 is 23.1 Å². The molecule has 1 N–H and O–H groups in total. The van der Waals surface area contributed by atoms with Crippen LogP contribution in [0, 0.1) is 5.92 Å². The van der Waals surface area contributed by atoms with E-state index >= 15 is 0 Å². The number of rotatable bonds is 4. The summed E-state index contributed by atoms with van der Waals surface area (Å²) in [4.78, 5) is 11.4. The van der Waals surface area contributed by atoms with Gasteiger partial charge in [-0.15, -0.1) is 11.6 Å². The van der Waals surface area contributed by atoms with Gasteiger partial charge in [0.2, 0.25) is 0 Å². The molecule has 104 valence electrons. The van der Waals surface area contributed by atoms with Gasteiger partial charge in [-0.1, -0.05) is 18.2 Å². The lowest BCUT2D eigenvalue weighted by atomic mass is 9.88. The summed E-state index contributed by atoms with van der Waals surface area (Å²) in [6.07, 6.45) is -3.94. The maximum Gasteiger partial charge on any atom is 0.416 e. The summed E-state index contributed by atoms with van der Waals surface area (Å²) in [5.74, 6) is -1.29. The monoisotopic (exact) mass is 292 g/mol. The SMILES string of the molecule is O=C(O)C1(c2ccccc2C(F)(F)F)CC1CCCl. The zero-order valence-corrected chi connectivity index (χ0v) is 10.6. The number of hydrogen-bond donors (Lipinski definition) is 1. The molecule has 0 spiro atoms. The maximum atomic E-state index is 13.0. The molecular formula is C13H12ClF3O2. The number of halogens is 4. The van der Waals surface area contributed by atoms with Gasteiger partial charge in [0, 0.05) is 5.88 Å². The minimum absolute atomic E-state index is 0.148. The van der Waals surface area contributed by atoms with Crippen molar-refractivity contribution in [2.24, 2.45) is 5.92 Å². The van der Waals surface area contributed by atoms with Crippen molar-refractivity contribution in [3.8, 4) is 0 Å². The Hall–Kier alpha value is -1.23. The third-order valence-electron chi connectivity index (χ3n) is 3.66. The van der Waals surface area contributed by atoms with Gasteiger partial charge in [-0.3, -0.25) is 4.79 Å². The van der Waals surface area contributed by atoms with Crippen LogP contribution in [-0.4, -0.2) is 17.0 Å². The highest BCUT2D eigenvalue weighted by Gasteiger charge is 2.62. The van der Waals surface area contributed by atoms with Crippen molar-refractivity contribution in [2.75, 3.05) is 5.88 Å². The van der Waals surface area contributed by atoms with Crippen LogP contribution >= 0.6 is 11.6 Å². The van der Waals surface area contributed by atoms with Crippen LogP contribution in [0.25, 0.3) is 0 Å². The smallest absolute Gasteiger partial charge is 0.416 e. The van der Waals surface area contributed by atoms with Crippen molar-refractivity contribution in [2.45, 2.75) is 24.4 Å². The van der Waals surface area contributed by atoms with Crippen molar-refractivity contribution in [1.82, 2.24) is 0 Å². The number of aliphatic carboxylic acids is 1. The number of carboxylic acid groups (broad SMARTS) is 1. The number of carboxylic acids is 1. The van der Waals surface area contributed by atoms with Gasteiger partial charge < -0.3 is 5.11 Å². The van der Waals surface area contributed by atoms with Crippen LogP contribution < -0.4 is 0 Å². The molecule has 1 aromatic rings. The summed E-state index contributed by atoms with van der Waals surface area (Å²) in [7, 11) is 0. The summed E-state index contributed by atoms with van der Waals surface area (Å²) in [5.41, 5.74) is -2.44. The molecule has 1 aliphatic carbocycles. The topological polar surface area (TPSA) is 37.3 Å². The molecule has 0 amide bonds. The van der Waals surface area contributed by atoms with Crippen LogP contribution in [0.2, 0.25) is 0 Å². The largest absolute Gasteiger partial charge is 0.481 e. The normalized spacial score (nSPS) is 26.2. The van der Waals surface area contributed by atoms with Gasteiger partial charge in [-0.2, -0.15) is 13.2 Å². The molecule has 1 fully saturated rings. The van der Waals surface area contributed by atoms with E-state index in [4.69, 9.17) is 11.6 Å². The molecule has 2 unspecified atom stereocenters. The molecule has 6 heteroatoms. The Balaban J connectivity index is 2.49. The lowest BCUT2D eigenvalue weighted by Gasteiger charge is -2.19. The molecule has 0 heterocycles. The van der Waals surface area contributed by atoms with Gasteiger partial charge in [0.05, 0.1) is 11.0 Å². The van der Waals surface area contributed by atoms with E-state index in [0.29, 0.717) is 6.42 Å². The predicted molar refractivity (Wildman–Crippen MR) is 64.2 cm³/mol. The lowest BCUT2D eigenvalue weighted by molar-refractivity contribution is -0.143. The highest BCUT2D eigenvalue weighted by Crippen LogP contribution is 2.58. The molecule has 0 saturated heterocycles. The first-order valence-electron chi connectivity index (χ1n) is 5.80. The van der Waals surface area contributed by atoms with E-state index in [1.807, 2.05) is 0 Å². The molecule has 2 rings (SSSR count). The Kier molecular flexibility index (Phi) is 3.51. The predicted octanol–water partition coefficient (Wildman–Crippen LogP) is 3.68. The van der Waals surface area contributed by atoms with Crippen molar-refractivity contribution in [1.29, 1.82) is 0 Å². The van der Waals surface area contributed by atoms with Crippen LogP contribution in [0.4, 0.5) is 13.2 Å². The summed E-state index contributed by atoms with van der Waals surface area (Å²) in [6.45, 7) is 0. The second-order valence-electron chi connectivity index (χ2n) is 4.70. The summed E-state index contributed by atoms with van der Waals surface area (Å²) < 4.78 is 38.9. The van der Waals surface area contributed by atoms with E-state index in [1.54, 1.807) is 0 Å². The lowest BCUT2D eigenvalue weighted by Crippen LogP contribution is -2.26. The summed E-state index contributed by atoms with van der Waals surface area (Å²) in [5, 5.41) is 9.33. The molecule has 2 nitrogen and oxygen atoms in total. The standard InChI is InChI=1S/C13H12ClF3O2/c14-6-5-8-7-12(8,11(18)19)9-3-1-2-4-10(9)13(15,16)17/h1-4,8H,5-7H2,(H,18,19). The van der Waals surface area contributed by atoms with Gasteiger partial charge in [0.25, 0.3) is 0 Å². The summed E-state index contributed by atoms with van der Waals surface area (Å²) in [6, 6.07) is 4.88. The van der Waals surface area contributed by atoms with Crippen LogP contribution in [0.5, 0.6) is 0 Å². The van der Waals surface area contributed by atoms with Gasteiger partial charge in [0.15, 0.2) is 0 Å². The Morgan fingerprint density at radius 2 is 2.05 bits per heavy atom. The van der Waals surface area contributed by atoms with E-state index in [1.165, 1.54) is 18.2 Å². The first-order valence-corrected chi connectivity index (χ1v) is 6.33. The molecule has 19 heavy (non-hydrogen) atoms. The van der Waals surface area contributed by atoms with Crippen molar-refractivity contribution < 1.29 is 23.1 Å². The third kappa shape index (κ3) is 2.31. The number of benzene rings is 1. The summed E-state index contributed by atoms with van der Waals surface area (Å²) >= 11 is 5.57. The molecular weight excluding hydrogens is 281 g/mol.